The highest BCUT2D eigenvalue weighted by molar-refractivity contribution is 5.68. The largest absolute Gasteiger partial charge is 0.397 e. The van der Waals surface area contributed by atoms with Crippen LogP contribution >= 0.6 is 0 Å². The Morgan fingerprint density at radius 1 is 1.21 bits per heavy atom. The van der Waals surface area contributed by atoms with Gasteiger partial charge in [0.05, 0.1) is 23.0 Å². The van der Waals surface area contributed by atoms with Crippen molar-refractivity contribution in [3.05, 3.63) is 59.2 Å². The highest BCUT2D eigenvalue weighted by atomic mass is 14.9. The maximum Gasteiger partial charge on any atom is 0.0992 e. The highest BCUT2D eigenvalue weighted by Crippen LogP contribution is 2.19. The fourth-order valence-corrected chi connectivity index (χ4v) is 2.02. The van der Waals surface area contributed by atoms with Gasteiger partial charge in [0.25, 0.3) is 0 Å². The molecule has 2 aromatic carbocycles. The van der Waals surface area contributed by atoms with Crippen LogP contribution in [0.15, 0.2) is 42.5 Å². The standard InChI is InChI=1S/C16H17N3/c1-12-4-2-3-5-14(12)8-9-19-16-7-6-13(11-17)10-15(16)18/h2-7,10,19H,8-9,18H2,1H3. The summed E-state index contributed by atoms with van der Waals surface area (Å²) in [5.74, 6) is 0. The first-order valence-electron chi connectivity index (χ1n) is 6.28. The van der Waals surface area contributed by atoms with Crippen LogP contribution in [-0.4, -0.2) is 6.54 Å². The van der Waals surface area contributed by atoms with Crippen molar-refractivity contribution in [3.63, 3.8) is 0 Å². The van der Waals surface area contributed by atoms with Gasteiger partial charge in [0.2, 0.25) is 0 Å². The number of anilines is 2. The summed E-state index contributed by atoms with van der Waals surface area (Å²) in [7, 11) is 0. The average molecular weight is 251 g/mol. The lowest BCUT2D eigenvalue weighted by atomic mass is 10.1. The van der Waals surface area contributed by atoms with Crippen LogP contribution in [0.4, 0.5) is 11.4 Å². The Labute approximate surface area is 113 Å². The molecule has 96 valence electrons. The summed E-state index contributed by atoms with van der Waals surface area (Å²) in [6.45, 7) is 2.94. The third-order valence-corrected chi connectivity index (χ3v) is 3.15. The Balaban J connectivity index is 1.97. The summed E-state index contributed by atoms with van der Waals surface area (Å²) in [4.78, 5) is 0. The molecule has 19 heavy (non-hydrogen) atoms. The first-order chi connectivity index (χ1) is 9.20. The molecular formula is C16H17N3. The molecule has 0 saturated heterocycles. The van der Waals surface area contributed by atoms with Crippen LogP contribution in [0.25, 0.3) is 0 Å². The van der Waals surface area contributed by atoms with Gasteiger partial charge in [-0.1, -0.05) is 24.3 Å². The van der Waals surface area contributed by atoms with Gasteiger partial charge in [-0.3, -0.25) is 0 Å². The van der Waals surface area contributed by atoms with E-state index in [9.17, 15) is 0 Å². The van der Waals surface area contributed by atoms with Crippen molar-refractivity contribution < 1.29 is 0 Å². The molecule has 0 amide bonds. The molecule has 0 aliphatic heterocycles. The van der Waals surface area contributed by atoms with E-state index in [0.29, 0.717) is 11.3 Å². The number of nitrogens with zero attached hydrogens (tertiary/aromatic N) is 1. The molecule has 0 aliphatic rings. The number of nitriles is 1. The van der Waals surface area contributed by atoms with Crippen LogP contribution in [0, 0.1) is 18.3 Å². The molecule has 0 saturated carbocycles. The van der Waals surface area contributed by atoms with Gasteiger partial charge in [-0.2, -0.15) is 5.26 Å². The lowest BCUT2D eigenvalue weighted by molar-refractivity contribution is 1.01. The van der Waals surface area contributed by atoms with E-state index in [4.69, 9.17) is 11.0 Å². The quantitative estimate of drug-likeness (QED) is 0.821. The minimum absolute atomic E-state index is 0.585. The lowest BCUT2D eigenvalue weighted by Gasteiger charge is -2.10. The predicted molar refractivity (Wildman–Crippen MR) is 78.9 cm³/mol. The van der Waals surface area contributed by atoms with E-state index in [1.165, 1.54) is 11.1 Å². The summed E-state index contributed by atoms with van der Waals surface area (Å²) >= 11 is 0. The van der Waals surface area contributed by atoms with E-state index in [-0.39, 0.29) is 0 Å². The second kappa shape index (κ2) is 5.92. The van der Waals surface area contributed by atoms with Crippen molar-refractivity contribution in [2.75, 3.05) is 17.6 Å². The molecule has 2 rings (SSSR count). The molecule has 0 spiro atoms. The van der Waals surface area contributed by atoms with Gasteiger partial charge >= 0.3 is 0 Å². The molecule has 2 aromatic rings. The normalized spacial score (nSPS) is 9.89. The van der Waals surface area contributed by atoms with Gasteiger partial charge in [0.1, 0.15) is 0 Å². The molecule has 0 fully saturated rings. The second-order valence-corrected chi connectivity index (χ2v) is 4.52. The van der Waals surface area contributed by atoms with Crippen LogP contribution in [0.2, 0.25) is 0 Å². The number of nitrogens with one attached hydrogen (secondary N) is 1. The number of hydrogen-bond acceptors (Lipinski definition) is 3. The third-order valence-electron chi connectivity index (χ3n) is 3.15. The maximum atomic E-state index is 8.78. The van der Waals surface area contributed by atoms with Crippen molar-refractivity contribution >= 4 is 11.4 Å². The molecule has 0 bridgehead atoms. The zero-order valence-corrected chi connectivity index (χ0v) is 11.0. The number of benzene rings is 2. The van der Waals surface area contributed by atoms with Crippen molar-refractivity contribution in [1.82, 2.24) is 0 Å². The van der Waals surface area contributed by atoms with Crippen molar-refractivity contribution in [1.29, 1.82) is 5.26 Å². The Morgan fingerprint density at radius 3 is 2.68 bits per heavy atom. The molecular weight excluding hydrogens is 234 g/mol. The molecule has 0 unspecified atom stereocenters. The summed E-state index contributed by atoms with van der Waals surface area (Å²) in [6, 6.07) is 15.7. The zero-order chi connectivity index (χ0) is 13.7. The van der Waals surface area contributed by atoms with Crippen LogP contribution in [0.1, 0.15) is 16.7 Å². The molecule has 3 nitrogen and oxygen atoms in total. The van der Waals surface area contributed by atoms with E-state index < -0.39 is 0 Å². The van der Waals surface area contributed by atoms with Crippen LogP contribution in [0.3, 0.4) is 0 Å². The van der Waals surface area contributed by atoms with E-state index in [1.54, 1.807) is 12.1 Å². The van der Waals surface area contributed by atoms with Crippen LogP contribution < -0.4 is 11.1 Å². The van der Waals surface area contributed by atoms with Gasteiger partial charge in [-0.25, -0.2) is 0 Å². The van der Waals surface area contributed by atoms with E-state index in [0.717, 1.165) is 18.7 Å². The van der Waals surface area contributed by atoms with Crippen molar-refractivity contribution in [2.45, 2.75) is 13.3 Å². The third kappa shape index (κ3) is 3.26. The van der Waals surface area contributed by atoms with E-state index in [1.807, 2.05) is 12.1 Å². The Bertz CT molecular complexity index is 612. The highest BCUT2D eigenvalue weighted by Gasteiger charge is 2.01. The first-order valence-corrected chi connectivity index (χ1v) is 6.28. The van der Waals surface area contributed by atoms with Crippen LogP contribution in [0.5, 0.6) is 0 Å². The molecule has 0 atom stereocenters. The van der Waals surface area contributed by atoms with Crippen molar-refractivity contribution in [3.8, 4) is 6.07 Å². The minimum Gasteiger partial charge on any atom is -0.397 e. The molecule has 0 radical (unpaired) electrons. The van der Waals surface area contributed by atoms with Gasteiger partial charge < -0.3 is 11.1 Å². The second-order valence-electron chi connectivity index (χ2n) is 4.52. The lowest BCUT2D eigenvalue weighted by Crippen LogP contribution is -2.07. The van der Waals surface area contributed by atoms with Gasteiger partial charge in [0.15, 0.2) is 0 Å². The smallest absolute Gasteiger partial charge is 0.0992 e. The fourth-order valence-electron chi connectivity index (χ4n) is 2.02. The number of rotatable bonds is 4. The fraction of sp³-hybridized carbons (Fsp3) is 0.188. The summed E-state index contributed by atoms with van der Waals surface area (Å²) in [5.41, 5.74) is 10.6. The number of aryl methyl sites for hydroxylation is 1. The summed E-state index contributed by atoms with van der Waals surface area (Å²) in [5, 5.41) is 12.1. The summed E-state index contributed by atoms with van der Waals surface area (Å²) < 4.78 is 0. The molecule has 3 heteroatoms. The SMILES string of the molecule is Cc1ccccc1CCNc1ccc(C#N)cc1N. The maximum absolute atomic E-state index is 8.78. The average Bonchev–Trinajstić information content (AvgIpc) is 2.42. The molecule has 0 heterocycles. The van der Waals surface area contributed by atoms with Gasteiger partial charge in [0, 0.05) is 6.54 Å². The van der Waals surface area contributed by atoms with E-state index >= 15 is 0 Å². The monoisotopic (exact) mass is 251 g/mol. The zero-order valence-electron chi connectivity index (χ0n) is 11.0. The number of hydrogen-bond donors (Lipinski definition) is 2. The van der Waals surface area contributed by atoms with Crippen molar-refractivity contribution in [2.24, 2.45) is 0 Å². The topological polar surface area (TPSA) is 61.8 Å². The Kier molecular flexibility index (Phi) is 4.04. The summed E-state index contributed by atoms with van der Waals surface area (Å²) in [6.07, 6.45) is 0.951. The minimum atomic E-state index is 0.585. The predicted octanol–water partition coefficient (Wildman–Crippen LogP) is 3.10. The first kappa shape index (κ1) is 13.0. The van der Waals surface area contributed by atoms with E-state index in [2.05, 4.69) is 36.5 Å². The van der Waals surface area contributed by atoms with Crippen LogP contribution in [-0.2, 0) is 6.42 Å². The molecule has 3 N–H and O–H groups in total. The van der Waals surface area contributed by atoms with Gasteiger partial charge in [-0.15, -0.1) is 0 Å². The Morgan fingerprint density at radius 2 is 2.00 bits per heavy atom. The number of nitrogen functional groups attached to an aromatic ring is 1. The van der Waals surface area contributed by atoms with Gasteiger partial charge in [-0.05, 0) is 42.7 Å². The molecule has 0 aromatic heterocycles. The Hall–Kier alpha value is -2.47. The number of nitrogens with two attached hydrogens (primary N) is 1. The molecule has 0 aliphatic carbocycles.